The molecule has 1 N–H and O–H groups in total. The summed E-state index contributed by atoms with van der Waals surface area (Å²) < 4.78 is 4.63. The van der Waals surface area contributed by atoms with E-state index in [1.54, 1.807) is 30.3 Å². The Kier molecular flexibility index (Phi) is 4.47. The van der Waals surface area contributed by atoms with E-state index in [0.717, 1.165) is 23.4 Å². The van der Waals surface area contributed by atoms with Gasteiger partial charge in [-0.1, -0.05) is 23.5 Å². The molecule has 6 nitrogen and oxygen atoms in total. The summed E-state index contributed by atoms with van der Waals surface area (Å²) in [5.41, 5.74) is 1.28. The maximum absolute atomic E-state index is 11.9. The highest BCUT2D eigenvalue weighted by atomic mass is 32.1. The Bertz CT molecular complexity index is 748. The maximum Gasteiger partial charge on any atom is 0.337 e. The van der Waals surface area contributed by atoms with Gasteiger partial charge >= 0.3 is 5.97 Å². The molecule has 0 unspecified atom stereocenters. The number of hydrogen-bond acceptors (Lipinski definition) is 6. The van der Waals surface area contributed by atoms with Crippen LogP contribution in [0.25, 0.3) is 6.08 Å². The summed E-state index contributed by atoms with van der Waals surface area (Å²) in [6.45, 7) is 0. The molecule has 0 aliphatic heterocycles. The van der Waals surface area contributed by atoms with Crippen molar-refractivity contribution in [2.45, 2.75) is 18.8 Å². The molecule has 118 valence electrons. The third-order valence-electron chi connectivity index (χ3n) is 3.36. The van der Waals surface area contributed by atoms with Crippen LogP contribution in [0, 0.1) is 0 Å². The van der Waals surface area contributed by atoms with Gasteiger partial charge in [-0.2, -0.15) is 0 Å². The molecule has 1 aliphatic rings. The van der Waals surface area contributed by atoms with Crippen molar-refractivity contribution in [2.75, 3.05) is 12.4 Å². The first-order valence-electron chi connectivity index (χ1n) is 7.16. The van der Waals surface area contributed by atoms with Gasteiger partial charge in [0, 0.05) is 12.0 Å². The highest BCUT2D eigenvalue weighted by Crippen LogP contribution is 2.41. The number of methoxy groups -OCH3 is 1. The van der Waals surface area contributed by atoms with Gasteiger partial charge in [-0.3, -0.25) is 10.1 Å². The molecule has 0 saturated heterocycles. The Morgan fingerprint density at radius 2 is 2.00 bits per heavy atom. The number of esters is 1. The Balaban J connectivity index is 1.57. The number of ether oxygens (including phenoxy) is 1. The van der Waals surface area contributed by atoms with Crippen LogP contribution >= 0.6 is 11.3 Å². The van der Waals surface area contributed by atoms with Gasteiger partial charge in [0.1, 0.15) is 5.01 Å². The van der Waals surface area contributed by atoms with Crippen LogP contribution in [-0.4, -0.2) is 29.2 Å². The van der Waals surface area contributed by atoms with Crippen LogP contribution < -0.4 is 5.32 Å². The Labute approximate surface area is 137 Å². The van der Waals surface area contributed by atoms with E-state index in [2.05, 4.69) is 20.3 Å². The largest absolute Gasteiger partial charge is 0.465 e. The molecule has 2 aromatic rings. The van der Waals surface area contributed by atoms with Gasteiger partial charge in [-0.15, -0.1) is 10.2 Å². The lowest BCUT2D eigenvalue weighted by molar-refractivity contribution is -0.111. The minimum atomic E-state index is -0.388. The van der Waals surface area contributed by atoms with Crippen molar-refractivity contribution in [3.63, 3.8) is 0 Å². The monoisotopic (exact) mass is 329 g/mol. The fourth-order valence-electron chi connectivity index (χ4n) is 1.95. The summed E-state index contributed by atoms with van der Waals surface area (Å²) in [5, 5.41) is 12.2. The highest BCUT2D eigenvalue weighted by molar-refractivity contribution is 7.15. The molecule has 0 atom stereocenters. The predicted molar refractivity (Wildman–Crippen MR) is 87.3 cm³/mol. The number of amides is 1. The van der Waals surface area contributed by atoms with Crippen molar-refractivity contribution < 1.29 is 14.3 Å². The van der Waals surface area contributed by atoms with Crippen LogP contribution in [0.3, 0.4) is 0 Å². The number of benzene rings is 1. The van der Waals surface area contributed by atoms with Crippen LogP contribution in [-0.2, 0) is 9.53 Å². The lowest BCUT2D eigenvalue weighted by Gasteiger charge is -1.99. The van der Waals surface area contributed by atoms with E-state index in [4.69, 9.17) is 0 Å². The summed E-state index contributed by atoms with van der Waals surface area (Å²) in [6.07, 6.45) is 5.40. The second-order valence-corrected chi connectivity index (χ2v) is 6.16. The average Bonchev–Trinajstić information content (AvgIpc) is 3.33. The second-order valence-electron chi connectivity index (χ2n) is 5.16. The molecule has 0 bridgehead atoms. The molecule has 1 aromatic carbocycles. The highest BCUT2D eigenvalue weighted by Gasteiger charge is 2.27. The van der Waals surface area contributed by atoms with Crippen LogP contribution in [0.5, 0.6) is 0 Å². The number of carbonyl (C=O) groups excluding carboxylic acids is 2. The third-order valence-corrected chi connectivity index (χ3v) is 4.36. The Morgan fingerprint density at radius 3 is 2.65 bits per heavy atom. The van der Waals surface area contributed by atoms with E-state index in [1.807, 2.05) is 0 Å². The van der Waals surface area contributed by atoms with Gasteiger partial charge in [0.2, 0.25) is 11.0 Å². The number of rotatable bonds is 5. The molecular formula is C16H15N3O3S. The number of anilines is 1. The van der Waals surface area contributed by atoms with Crippen molar-refractivity contribution in [1.82, 2.24) is 10.2 Å². The summed E-state index contributed by atoms with van der Waals surface area (Å²) >= 11 is 1.42. The molecule has 3 rings (SSSR count). The summed E-state index contributed by atoms with van der Waals surface area (Å²) in [7, 11) is 1.34. The van der Waals surface area contributed by atoms with Crippen LogP contribution in [0.15, 0.2) is 30.3 Å². The van der Waals surface area contributed by atoms with Gasteiger partial charge < -0.3 is 4.74 Å². The molecule has 1 fully saturated rings. The predicted octanol–water partition coefficient (Wildman–Crippen LogP) is 2.85. The molecule has 0 radical (unpaired) electrons. The SMILES string of the molecule is COC(=O)c1ccc(/C=C/C(=O)Nc2nnc(C3CC3)s2)cc1. The van der Waals surface area contributed by atoms with Crippen molar-refractivity contribution >= 4 is 34.4 Å². The zero-order valence-electron chi connectivity index (χ0n) is 12.5. The molecule has 23 heavy (non-hydrogen) atoms. The number of hydrogen-bond donors (Lipinski definition) is 1. The topological polar surface area (TPSA) is 81.2 Å². The Morgan fingerprint density at radius 1 is 1.26 bits per heavy atom. The van der Waals surface area contributed by atoms with Gasteiger partial charge in [0.15, 0.2) is 0 Å². The average molecular weight is 329 g/mol. The number of nitrogens with one attached hydrogen (secondary N) is 1. The van der Waals surface area contributed by atoms with E-state index < -0.39 is 0 Å². The first kappa shape index (κ1) is 15.4. The molecule has 7 heteroatoms. The van der Waals surface area contributed by atoms with E-state index >= 15 is 0 Å². The lowest BCUT2D eigenvalue weighted by atomic mass is 10.1. The smallest absolute Gasteiger partial charge is 0.337 e. The van der Waals surface area contributed by atoms with E-state index in [9.17, 15) is 9.59 Å². The molecule has 1 saturated carbocycles. The standard InChI is InChI=1S/C16H15N3O3S/c1-22-15(21)12-5-2-10(3-6-12)4-9-13(20)17-16-19-18-14(23-16)11-7-8-11/h2-6,9,11H,7-8H2,1H3,(H,17,19,20)/b9-4+. The zero-order chi connectivity index (χ0) is 16.2. The lowest BCUT2D eigenvalue weighted by Crippen LogP contribution is -2.07. The number of nitrogens with zero attached hydrogens (tertiary/aromatic N) is 2. The van der Waals surface area contributed by atoms with E-state index in [1.165, 1.54) is 24.5 Å². The van der Waals surface area contributed by atoms with Crippen molar-refractivity contribution in [3.05, 3.63) is 46.5 Å². The quantitative estimate of drug-likeness (QED) is 0.674. The first-order chi connectivity index (χ1) is 11.2. The van der Waals surface area contributed by atoms with Gasteiger partial charge in [-0.25, -0.2) is 4.79 Å². The minimum Gasteiger partial charge on any atom is -0.465 e. The van der Waals surface area contributed by atoms with Crippen LogP contribution in [0.1, 0.15) is 39.7 Å². The molecule has 1 aliphatic carbocycles. The molecular weight excluding hydrogens is 314 g/mol. The van der Waals surface area contributed by atoms with Gasteiger partial charge in [-0.05, 0) is 36.6 Å². The van der Waals surface area contributed by atoms with Crippen LogP contribution in [0.2, 0.25) is 0 Å². The third kappa shape index (κ3) is 4.01. The maximum atomic E-state index is 11.9. The summed E-state index contributed by atoms with van der Waals surface area (Å²) in [4.78, 5) is 23.2. The van der Waals surface area contributed by atoms with Gasteiger partial charge in [0.05, 0.1) is 12.7 Å². The molecule has 0 spiro atoms. The Hall–Kier alpha value is -2.54. The minimum absolute atomic E-state index is 0.263. The first-order valence-corrected chi connectivity index (χ1v) is 7.98. The van der Waals surface area contributed by atoms with Crippen LogP contribution in [0.4, 0.5) is 5.13 Å². The summed E-state index contributed by atoms with van der Waals surface area (Å²) in [6, 6.07) is 6.78. The number of aromatic nitrogens is 2. The molecule has 1 aromatic heterocycles. The van der Waals surface area contributed by atoms with Crippen molar-refractivity contribution in [2.24, 2.45) is 0 Å². The zero-order valence-corrected chi connectivity index (χ0v) is 13.3. The summed E-state index contributed by atoms with van der Waals surface area (Å²) in [5.74, 6) is -0.122. The fraction of sp³-hybridized carbons (Fsp3) is 0.250. The van der Waals surface area contributed by atoms with Crippen molar-refractivity contribution in [1.29, 1.82) is 0 Å². The van der Waals surface area contributed by atoms with Crippen molar-refractivity contribution in [3.8, 4) is 0 Å². The molecule has 1 heterocycles. The fourth-order valence-corrected chi connectivity index (χ4v) is 2.86. The van der Waals surface area contributed by atoms with E-state index in [0.29, 0.717) is 16.6 Å². The number of carbonyl (C=O) groups is 2. The second kappa shape index (κ2) is 6.70. The molecule has 1 amide bonds. The van der Waals surface area contributed by atoms with E-state index in [-0.39, 0.29) is 11.9 Å². The van der Waals surface area contributed by atoms with Gasteiger partial charge in [0.25, 0.3) is 0 Å². The normalized spacial score (nSPS) is 14.0.